The molecule has 1 atom stereocenters. The second-order valence-corrected chi connectivity index (χ2v) is 2.98. The van der Waals surface area contributed by atoms with Gasteiger partial charge >= 0.3 is 0 Å². The largest absolute Gasteiger partial charge is 0.328 e. The van der Waals surface area contributed by atoms with Gasteiger partial charge < -0.3 is 5.73 Å². The van der Waals surface area contributed by atoms with E-state index in [2.05, 4.69) is 11.6 Å². The first-order chi connectivity index (χ1) is 5.72. The Morgan fingerprint density at radius 1 is 1.67 bits per heavy atom. The minimum atomic E-state index is 0.196. The summed E-state index contributed by atoms with van der Waals surface area (Å²) >= 11 is 0. The molecule has 1 heterocycles. The van der Waals surface area contributed by atoms with Crippen molar-refractivity contribution in [3.8, 4) is 0 Å². The Morgan fingerprint density at radius 3 is 2.83 bits per heavy atom. The molecule has 0 fully saturated rings. The van der Waals surface area contributed by atoms with Crippen molar-refractivity contribution in [2.75, 3.05) is 0 Å². The van der Waals surface area contributed by atoms with Crippen molar-refractivity contribution in [3.05, 3.63) is 36.2 Å². The van der Waals surface area contributed by atoms with Gasteiger partial charge in [0.1, 0.15) is 0 Å². The van der Waals surface area contributed by atoms with Crippen molar-refractivity contribution in [1.29, 1.82) is 0 Å². The molecule has 0 saturated carbocycles. The predicted octanol–water partition coefficient (Wildman–Crippen LogP) is 1.61. The highest BCUT2D eigenvalue weighted by molar-refractivity contribution is 5.41. The molecule has 0 saturated heterocycles. The van der Waals surface area contributed by atoms with Crippen molar-refractivity contribution >= 4 is 6.08 Å². The zero-order valence-electron chi connectivity index (χ0n) is 7.33. The fraction of sp³-hybridized carbons (Fsp3) is 0.300. The number of rotatable bonds is 3. The lowest BCUT2D eigenvalue weighted by molar-refractivity contribution is 0.735. The van der Waals surface area contributed by atoms with Crippen LogP contribution in [0.2, 0.25) is 0 Å². The lowest BCUT2D eigenvalue weighted by Gasteiger charge is -2.03. The monoisotopic (exact) mass is 162 g/mol. The fourth-order valence-corrected chi connectivity index (χ4v) is 1.05. The average molecular weight is 162 g/mol. The number of hydrogen-bond donors (Lipinski definition) is 1. The second kappa shape index (κ2) is 4.02. The maximum Gasteiger partial charge on any atom is 0.0623 e. The van der Waals surface area contributed by atoms with Crippen LogP contribution in [0.3, 0.4) is 0 Å². The molecule has 0 aliphatic rings. The van der Waals surface area contributed by atoms with E-state index in [1.165, 1.54) is 5.56 Å². The second-order valence-electron chi connectivity index (χ2n) is 2.98. The van der Waals surface area contributed by atoms with Crippen molar-refractivity contribution in [1.82, 2.24) is 4.98 Å². The van der Waals surface area contributed by atoms with Crippen molar-refractivity contribution < 1.29 is 0 Å². The molecule has 12 heavy (non-hydrogen) atoms. The lowest BCUT2D eigenvalue weighted by atomic mass is 10.1. The first-order valence-electron chi connectivity index (χ1n) is 4.05. The standard InChI is InChI=1S/C10H14N2/c1-3-10-5-4-9(7-12-10)6-8(2)11/h3-5,7-8H,1,6,11H2,2H3. The fourth-order valence-electron chi connectivity index (χ4n) is 1.05. The minimum absolute atomic E-state index is 0.196. The molecule has 2 heteroatoms. The molecule has 0 aromatic carbocycles. The van der Waals surface area contributed by atoms with E-state index < -0.39 is 0 Å². The van der Waals surface area contributed by atoms with Crippen molar-refractivity contribution in [3.63, 3.8) is 0 Å². The van der Waals surface area contributed by atoms with E-state index in [9.17, 15) is 0 Å². The predicted molar refractivity (Wildman–Crippen MR) is 51.7 cm³/mol. The van der Waals surface area contributed by atoms with Crippen LogP contribution >= 0.6 is 0 Å². The van der Waals surface area contributed by atoms with Gasteiger partial charge in [-0.3, -0.25) is 4.98 Å². The molecule has 2 N–H and O–H groups in total. The normalized spacial score (nSPS) is 12.5. The highest BCUT2D eigenvalue weighted by Crippen LogP contribution is 2.03. The molecule has 1 unspecified atom stereocenters. The highest BCUT2D eigenvalue weighted by atomic mass is 14.7. The summed E-state index contributed by atoms with van der Waals surface area (Å²) in [6.45, 7) is 5.62. The summed E-state index contributed by atoms with van der Waals surface area (Å²) in [5.74, 6) is 0. The third kappa shape index (κ3) is 2.47. The van der Waals surface area contributed by atoms with Crippen LogP contribution in [0.1, 0.15) is 18.2 Å². The van der Waals surface area contributed by atoms with Gasteiger partial charge in [-0.05, 0) is 31.1 Å². The van der Waals surface area contributed by atoms with Gasteiger partial charge in [0.15, 0.2) is 0 Å². The summed E-state index contributed by atoms with van der Waals surface area (Å²) in [6.07, 6.45) is 4.46. The zero-order chi connectivity index (χ0) is 8.97. The molecule has 1 rings (SSSR count). The SMILES string of the molecule is C=Cc1ccc(CC(C)N)cn1. The van der Waals surface area contributed by atoms with Crippen LogP contribution in [-0.4, -0.2) is 11.0 Å². The quantitative estimate of drug-likeness (QED) is 0.733. The molecule has 0 aliphatic heterocycles. The van der Waals surface area contributed by atoms with Crippen LogP contribution in [0.4, 0.5) is 0 Å². The lowest BCUT2D eigenvalue weighted by Crippen LogP contribution is -2.17. The Labute approximate surface area is 73.1 Å². The van der Waals surface area contributed by atoms with E-state index in [1.54, 1.807) is 6.08 Å². The summed E-state index contributed by atoms with van der Waals surface area (Å²) in [5.41, 5.74) is 7.73. The van der Waals surface area contributed by atoms with Gasteiger partial charge in [-0.25, -0.2) is 0 Å². The summed E-state index contributed by atoms with van der Waals surface area (Å²) in [5, 5.41) is 0. The molecule has 0 amide bonds. The molecule has 0 bridgehead atoms. The van der Waals surface area contributed by atoms with Gasteiger partial charge in [0.25, 0.3) is 0 Å². The average Bonchev–Trinajstić information content (AvgIpc) is 2.05. The number of hydrogen-bond acceptors (Lipinski definition) is 2. The van der Waals surface area contributed by atoms with E-state index in [0.717, 1.165) is 12.1 Å². The molecule has 1 aromatic heterocycles. The molecular formula is C10H14N2. The highest BCUT2D eigenvalue weighted by Gasteiger charge is 1.97. The Hall–Kier alpha value is -1.15. The molecule has 2 nitrogen and oxygen atoms in total. The number of pyridine rings is 1. The Morgan fingerprint density at radius 2 is 2.42 bits per heavy atom. The molecular weight excluding hydrogens is 148 g/mol. The van der Waals surface area contributed by atoms with Gasteiger partial charge in [0.05, 0.1) is 5.69 Å². The third-order valence-corrected chi connectivity index (χ3v) is 1.61. The number of nitrogens with zero attached hydrogens (tertiary/aromatic N) is 1. The van der Waals surface area contributed by atoms with Crippen LogP contribution in [-0.2, 0) is 6.42 Å². The van der Waals surface area contributed by atoms with Crippen LogP contribution < -0.4 is 5.73 Å². The van der Waals surface area contributed by atoms with Crippen LogP contribution in [0.15, 0.2) is 24.9 Å². The van der Waals surface area contributed by atoms with Gasteiger partial charge in [0.2, 0.25) is 0 Å². The first kappa shape index (κ1) is 8.94. The van der Waals surface area contributed by atoms with E-state index in [0.29, 0.717) is 0 Å². The molecule has 0 spiro atoms. The maximum atomic E-state index is 5.65. The van der Waals surface area contributed by atoms with Gasteiger partial charge in [-0.15, -0.1) is 0 Å². The number of nitrogens with two attached hydrogens (primary N) is 1. The summed E-state index contributed by atoms with van der Waals surface area (Å²) in [4.78, 5) is 4.18. The van der Waals surface area contributed by atoms with E-state index >= 15 is 0 Å². The summed E-state index contributed by atoms with van der Waals surface area (Å²) < 4.78 is 0. The summed E-state index contributed by atoms with van der Waals surface area (Å²) in [7, 11) is 0. The smallest absolute Gasteiger partial charge is 0.0623 e. The topological polar surface area (TPSA) is 38.9 Å². The van der Waals surface area contributed by atoms with Crippen molar-refractivity contribution in [2.24, 2.45) is 5.73 Å². The van der Waals surface area contributed by atoms with E-state index in [1.807, 2.05) is 25.3 Å². The third-order valence-electron chi connectivity index (χ3n) is 1.61. The Kier molecular flexibility index (Phi) is 3.00. The van der Waals surface area contributed by atoms with Crippen LogP contribution in [0, 0.1) is 0 Å². The van der Waals surface area contributed by atoms with Crippen LogP contribution in [0.25, 0.3) is 6.08 Å². The minimum Gasteiger partial charge on any atom is -0.328 e. The summed E-state index contributed by atoms with van der Waals surface area (Å²) in [6, 6.07) is 4.18. The zero-order valence-corrected chi connectivity index (χ0v) is 7.33. The molecule has 0 radical (unpaired) electrons. The maximum absolute atomic E-state index is 5.65. The molecule has 64 valence electrons. The Balaban J connectivity index is 2.71. The van der Waals surface area contributed by atoms with E-state index in [4.69, 9.17) is 5.73 Å². The van der Waals surface area contributed by atoms with Gasteiger partial charge in [-0.1, -0.05) is 12.6 Å². The van der Waals surface area contributed by atoms with E-state index in [-0.39, 0.29) is 6.04 Å². The van der Waals surface area contributed by atoms with Crippen molar-refractivity contribution in [2.45, 2.75) is 19.4 Å². The van der Waals surface area contributed by atoms with Gasteiger partial charge in [-0.2, -0.15) is 0 Å². The molecule has 1 aromatic rings. The molecule has 0 aliphatic carbocycles. The number of aromatic nitrogens is 1. The van der Waals surface area contributed by atoms with Crippen LogP contribution in [0.5, 0.6) is 0 Å². The van der Waals surface area contributed by atoms with Gasteiger partial charge in [0, 0.05) is 12.2 Å². The Bertz CT molecular complexity index is 249. The first-order valence-corrected chi connectivity index (χ1v) is 4.05.